The first-order valence-electron chi connectivity index (χ1n) is 16.7. The molecule has 0 bridgehead atoms. The minimum absolute atomic E-state index is 0.0941. The first kappa shape index (κ1) is 40.4. The number of piperidine rings is 1. The summed E-state index contributed by atoms with van der Waals surface area (Å²) in [4.78, 5) is 59.0. The van der Waals surface area contributed by atoms with Gasteiger partial charge in [-0.3, -0.25) is 9.59 Å². The quantitative estimate of drug-likeness (QED) is 0.367. The molecule has 4 rings (SSSR count). The van der Waals surface area contributed by atoms with Gasteiger partial charge in [-0.05, 0) is 45.6 Å². The number of carbonyl (C=O) groups excluding carboxylic acids is 4. The largest absolute Gasteiger partial charge is 0.467 e. The Morgan fingerprint density at radius 3 is 2.22 bits per heavy atom. The summed E-state index contributed by atoms with van der Waals surface area (Å²) in [6.45, 7) is 21.2. The molecule has 46 heavy (non-hydrogen) atoms. The van der Waals surface area contributed by atoms with Crippen LogP contribution in [0.5, 0.6) is 0 Å². The Morgan fingerprint density at radius 1 is 1.09 bits per heavy atom. The first-order chi connectivity index (χ1) is 21.7. The lowest BCUT2D eigenvalue weighted by atomic mass is 9.81. The summed E-state index contributed by atoms with van der Waals surface area (Å²) in [6.07, 6.45) is 2.09. The highest BCUT2D eigenvalue weighted by Gasteiger charge is 2.61. The minimum Gasteiger partial charge on any atom is -0.467 e. The van der Waals surface area contributed by atoms with Crippen molar-refractivity contribution in [2.24, 2.45) is 11.1 Å². The predicted octanol–water partition coefficient (Wildman–Crippen LogP) is 5.91. The highest BCUT2D eigenvalue weighted by molar-refractivity contribution is 6.02. The fourth-order valence-electron chi connectivity index (χ4n) is 5.30. The van der Waals surface area contributed by atoms with E-state index in [0.717, 1.165) is 16.8 Å². The molecule has 0 aromatic heterocycles. The maximum Gasteiger partial charge on any atom is 0.408 e. The zero-order valence-electron chi connectivity index (χ0n) is 30.2. The van der Waals surface area contributed by atoms with Crippen LogP contribution in [0.1, 0.15) is 112 Å². The highest BCUT2D eigenvalue weighted by atomic mass is 16.7. The number of likely N-dealkylation sites (tertiary alicyclic amines) is 1. The average Bonchev–Trinajstić information content (AvgIpc) is 3.49. The van der Waals surface area contributed by atoms with Gasteiger partial charge in [0.25, 0.3) is 0 Å². The predicted molar refractivity (Wildman–Crippen MR) is 180 cm³/mol. The van der Waals surface area contributed by atoms with E-state index in [-0.39, 0.29) is 25.4 Å². The number of methoxy groups -OCH3 is 1. The smallest absolute Gasteiger partial charge is 0.408 e. The Morgan fingerprint density at radius 2 is 1.70 bits per heavy atom. The van der Waals surface area contributed by atoms with Gasteiger partial charge in [0.15, 0.2) is 0 Å². The van der Waals surface area contributed by atoms with Gasteiger partial charge in [0, 0.05) is 25.8 Å². The lowest BCUT2D eigenvalue weighted by molar-refractivity contribution is -0.154. The Hall–Kier alpha value is -3.63. The number of hydrogen-bond acceptors (Lipinski definition) is 8. The van der Waals surface area contributed by atoms with Crippen molar-refractivity contribution in [3.63, 3.8) is 0 Å². The molecule has 1 aromatic rings. The number of benzene rings is 1. The van der Waals surface area contributed by atoms with Crippen LogP contribution in [0.2, 0.25) is 0 Å². The van der Waals surface area contributed by atoms with Gasteiger partial charge < -0.3 is 29.8 Å². The summed E-state index contributed by atoms with van der Waals surface area (Å²) in [5, 5.41) is 9.69. The van der Waals surface area contributed by atoms with E-state index >= 15 is 0 Å². The van der Waals surface area contributed by atoms with E-state index in [4.69, 9.17) is 14.3 Å². The van der Waals surface area contributed by atoms with Gasteiger partial charge in [0.2, 0.25) is 11.8 Å². The van der Waals surface area contributed by atoms with Crippen molar-refractivity contribution in [1.82, 2.24) is 15.5 Å². The molecule has 11 heteroatoms. The number of rotatable bonds is 6. The highest BCUT2D eigenvalue weighted by Crippen LogP contribution is 2.45. The molecule has 4 atom stereocenters. The molecule has 1 aromatic carbocycles. The van der Waals surface area contributed by atoms with Crippen LogP contribution in [0.3, 0.4) is 0 Å². The van der Waals surface area contributed by atoms with Crippen molar-refractivity contribution in [3.05, 3.63) is 35.4 Å². The van der Waals surface area contributed by atoms with Crippen LogP contribution in [0.25, 0.3) is 0 Å². The van der Waals surface area contributed by atoms with Crippen molar-refractivity contribution < 1.29 is 33.5 Å². The Bertz CT molecular complexity index is 1210. The molecule has 1 aliphatic carbocycles. The normalized spacial score (nSPS) is 24.2. The van der Waals surface area contributed by atoms with Crippen molar-refractivity contribution in [2.45, 2.75) is 131 Å². The summed E-state index contributed by atoms with van der Waals surface area (Å²) in [7, 11) is 1.28. The number of amides is 3. The maximum absolute atomic E-state index is 13.7. The van der Waals surface area contributed by atoms with Crippen LogP contribution >= 0.6 is 0 Å². The molecule has 2 aliphatic heterocycles. The number of alkyl carbamates (subject to hydrolysis) is 1. The zero-order chi connectivity index (χ0) is 35.3. The fourth-order valence-corrected chi connectivity index (χ4v) is 5.30. The molecule has 2 fully saturated rings. The number of oxime groups is 1. The second-order valence-corrected chi connectivity index (χ2v) is 12.5. The van der Waals surface area contributed by atoms with E-state index in [1.165, 1.54) is 18.4 Å². The van der Waals surface area contributed by atoms with Crippen LogP contribution < -0.4 is 10.6 Å². The van der Waals surface area contributed by atoms with Crippen molar-refractivity contribution in [1.29, 1.82) is 0 Å². The molecule has 260 valence electrons. The standard InChI is InChI=1S/C28H38N4O7.C3H8.2C2H6/c1-17-8-7-9-19(12-17)20-14-27(39-31-20)10-11-32(22(33)16-29-25(36)38-26(3,4)5)21(15-27)23(34)30-28(13-18(28)2)24(35)37-6;1-3-2;2*1-2/h7-9,12,18,21H,10-11,13-16H2,1-6H3,(H,29,36)(H,30,34);3H2,1-2H3;2*1-2H3/t18?,21?,27-,28?;;;/m1.../s1. The van der Waals surface area contributed by atoms with E-state index in [1.54, 1.807) is 20.8 Å². The molecule has 3 aliphatic rings. The molecular formula is C35H58N4O7. The fraction of sp³-hybridized carbons (Fsp3) is 0.686. The second kappa shape index (κ2) is 17.9. The molecule has 2 heterocycles. The van der Waals surface area contributed by atoms with Crippen LogP contribution in [-0.4, -0.2) is 77.5 Å². The molecule has 11 nitrogen and oxygen atoms in total. The Labute approximate surface area is 276 Å². The SMILES string of the molecule is CC.CC.CCC.COC(=O)C1(NC(=O)C2C[C@@]3(CCN2C(=O)CNC(=O)OC(C)(C)C)CC(c2cccc(C)c2)=NO3)CC1C. The molecular weight excluding hydrogens is 588 g/mol. The van der Waals surface area contributed by atoms with Gasteiger partial charge >= 0.3 is 12.1 Å². The van der Waals surface area contributed by atoms with Gasteiger partial charge in [-0.2, -0.15) is 0 Å². The van der Waals surface area contributed by atoms with Crippen LogP contribution in [0, 0.1) is 12.8 Å². The summed E-state index contributed by atoms with van der Waals surface area (Å²) in [5.41, 5.74) is 0.225. The molecule has 3 unspecified atom stereocenters. The Balaban J connectivity index is 0.00000140. The van der Waals surface area contributed by atoms with Crippen molar-refractivity contribution in [2.75, 3.05) is 20.2 Å². The number of hydrogen-bond donors (Lipinski definition) is 2. The minimum atomic E-state index is -1.11. The van der Waals surface area contributed by atoms with Gasteiger partial charge in [-0.25, -0.2) is 9.59 Å². The topological polar surface area (TPSA) is 136 Å². The van der Waals surface area contributed by atoms with E-state index in [9.17, 15) is 19.2 Å². The van der Waals surface area contributed by atoms with Gasteiger partial charge in [0.1, 0.15) is 29.3 Å². The van der Waals surface area contributed by atoms with E-state index < -0.39 is 46.7 Å². The number of nitrogens with zero attached hydrogens (tertiary/aromatic N) is 2. The Kier molecular flexibility index (Phi) is 15.7. The first-order valence-corrected chi connectivity index (χ1v) is 16.7. The zero-order valence-corrected chi connectivity index (χ0v) is 30.2. The van der Waals surface area contributed by atoms with Crippen molar-refractivity contribution in [3.8, 4) is 0 Å². The monoisotopic (exact) mass is 646 g/mol. The van der Waals surface area contributed by atoms with Crippen LogP contribution in [-0.2, 0) is 28.7 Å². The lowest BCUT2D eigenvalue weighted by Gasteiger charge is -2.42. The van der Waals surface area contributed by atoms with Crippen molar-refractivity contribution >= 4 is 29.6 Å². The number of carbonyl (C=O) groups is 4. The third-order valence-electron chi connectivity index (χ3n) is 7.55. The van der Waals surface area contributed by atoms with E-state index in [1.807, 2.05) is 65.8 Å². The van der Waals surface area contributed by atoms with Gasteiger partial charge in [-0.1, -0.05) is 89.9 Å². The maximum atomic E-state index is 13.7. The van der Waals surface area contributed by atoms with Crippen LogP contribution in [0.4, 0.5) is 4.79 Å². The van der Waals surface area contributed by atoms with Gasteiger partial charge in [0.05, 0.1) is 12.8 Å². The summed E-state index contributed by atoms with van der Waals surface area (Å²) in [5.74, 6) is -1.52. The summed E-state index contributed by atoms with van der Waals surface area (Å²) < 4.78 is 10.2. The molecule has 0 radical (unpaired) electrons. The molecule has 1 saturated heterocycles. The summed E-state index contributed by atoms with van der Waals surface area (Å²) >= 11 is 0. The number of ether oxygens (including phenoxy) is 2. The number of esters is 1. The second-order valence-electron chi connectivity index (χ2n) is 12.5. The number of aryl methyl sites for hydroxylation is 1. The summed E-state index contributed by atoms with van der Waals surface area (Å²) in [6, 6.07) is 7.01. The molecule has 1 saturated carbocycles. The third kappa shape index (κ3) is 10.7. The van der Waals surface area contributed by atoms with E-state index in [2.05, 4.69) is 29.6 Å². The third-order valence-corrected chi connectivity index (χ3v) is 7.55. The molecule has 3 amide bonds. The lowest BCUT2D eigenvalue weighted by Crippen LogP contribution is -2.61. The molecule has 2 N–H and O–H groups in total. The van der Waals surface area contributed by atoms with E-state index in [0.29, 0.717) is 19.3 Å². The number of nitrogens with one attached hydrogen (secondary N) is 2. The average molecular weight is 647 g/mol. The van der Waals surface area contributed by atoms with Crippen LogP contribution in [0.15, 0.2) is 29.4 Å². The van der Waals surface area contributed by atoms with Gasteiger partial charge in [-0.15, -0.1) is 0 Å². The molecule has 1 spiro atoms.